The van der Waals surface area contributed by atoms with Gasteiger partial charge in [0.15, 0.2) is 16.7 Å². The van der Waals surface area contributed by atoms with Gasteiger partial charge in [0.05, 0.1) is 27.7 Å². The van der Waals surface area contributed by atoms with Gasteiger partial charge in [-0.3, -0.25) is 9.69 Å². The Labute approximate surface area is 215 Å². The Morgan fingerprint density at radius 3 is 2.51 bits per heavy atom. The standard InChI is InChI=1S/C26H21BrN2O5S/c1-29-24(30)22(35-26(29)28-19-10-8-18(9-11-19)25(31)32)14-17-12-20(27)23(21(13-17)33-2)34-15-16-6-4-3-5-7-16/h3-14H,15H2,1-2H3,(H,31,32). The van der Waals surface area contributed by atoms with E-state index in [2.05, 4.69) is 20.9 Å². The summed E-state index contributed by atoms with van der Waals surface area (Å²) in [5, 5.41) is 9.55. The van der Waals surface area contributed by atoms with E-state index in [1.54, 1.807) is 32.4 Å². The molecule has 1 amide bonds. The van der Waals surface area contributed by atoms with Gasteiger partial charge >= 0.3 is 5.97 Å². The molecule has 1 aliphatic heterocycles. The monoisotopic (exact) mass is 552 g/mol. The number of ether oxygens (including phenoxy) is 2. The summed E-state index contributed by atoms with van der Waals surface area (Å²) in [6, 6.07) is 19.7. The van der Waals surface area contributed by atoms with E-state index in [0.29, 0.717) is 38.3 Å². The summed E-state index contributed by atoms with van der Waals surface area (Å²) in [6.45, 7) is 0.392. The fourth-order valence-corrected chi connectivity index (χ4v) is 4.85. The number of carbonyl (C=O) groups is 2. The van der Waals surface area contributed by atoms with Crippen LogP contribution in [0, 0.1) is 0 Å². The molecule has 0 saturated carbocycles. The highest BCUT2D eigenvalue weighted by Crippen LogP contribution is 2.39. The molecule has 0 atom stereocenters. The summed E-state index contributed by atoms with van der Waals surface area (Å²) in [6.07, 6.45) is 1.77. The van der Waals surface area contributed by atoms with Gasteiger partial charge in [-0.05, 0) is 81.3 Å². The molecule has 0 unspecified atom stereocenters. The van der Waals surface area contributed by atoms with E-state index in [1.807, 2.05) is 42.5 Å². The summed E-state index contributed by atoms with van der Waals surface area (Å²) in [7, 11) is 3.22. The van der Waals surface area contributed by atoms with Crippen LogP contribution in [0.1, 0.15) is 21.5 Å². The number of carboxylic acids is 1. The van der Waals surface area contributed by atoms with E-state index < -0.39 is 5.97 Å². The fraction of sp³-hybridized carbons (Fsp3) is 0.115. The second-order valence-corrected chi connectivity index (χ2v) is 9.39. The zero-order valence-corrected chi connectivity index (χ0v) is 21.3. The number of aromatic carboxylic acids is 1. The minimum atomic E-state index is -1.00. The maximum Gasteiger partial charge on any atom is 0.335 e. The average Bonchev–Trinajstić information content (AvgIpc) is 3.11. The largest absolute Gasteiger partial charge is 0.493 e. The number of amidine groups is 1. The Balaban J connectivity index is 1.56. The number of methoxy groups -OCH3 is 1. The first kappa shape index (κ1) is 24.6. The number of carbonyl (C=O) groups excluding carboxylic acids is 1. The lowest BCUT2D eigenvalue weighted by Gasteiger charge is -2.14. The van der Waals surface area contributed by atoms with Crippen LogP contribution in [0.5, 0.6) is 11.5 Å². The molecule has 0 radical (unpaired) electrons. The maximum absolute atomic E-state index is 12.8. The van der Waals surface area contributed by atoms with Gasteiger partial charge in [0.25, 0.3) is 5.91 Å². The third-order valence-electron chi connectivity index (χ3n) is 5.12. The number of likely N-dealkylation sites (N-methyl/N-ethyl adjacent to an activating group) is 1. The van der Waals surface area contributed by atoms with Crippen molar-refractivity contribution in [3.63, 3.8) is 0 Å². The van der Waals surface area contributed by atoms with Crippen LogP contribution < -0.4 is 9.47 Å². The molecule has 1 fully saturated rings. The fourth-order valence-electron chi connectivity index (χ4n) is 3.28. The SMILES string of the molecule is COc1cc(C=C2SC(=Nc3ccc(C(=O)O)cc3)N(C)C2=O)cc(Br)c1OCc1ccccc1. The Kier molecular flexibility index (Phi) is 7.57. The molecule has 4 rings (SSSR count). The normalized spacial score (nSPS) is 15.6. The van der Waals surface area contributed by atoms with Crippen molar-refractivity contribution in [1.82, 2.24) is 4.90 Å². The number of carboxylic acid groups (broad SMARTS) is 1. The Bertz CT molecular complexity index is 1320. The number of amides is 1. The predicted molar refractivity (Wildman–Crippen MR) is 140 cm³/mol. The van der Waals surface area contributed by atoms with Crippen LogP contribution in [0.4, 0.5) is 5.69 Å². The van der Waals surface area contributed by atoms with Gasteiger partial charge < -0.3 is 14.6 Å². The van der Waals surface area contributed by atoms with E-state index in [-0.39, 0.29) is 11.5 Å². The number of thioether (sulfide) groups is 1. The van der Waals surface area contributed by atoms with Crippen LogP contribution in [-0.2, 0) is 11.4 Å². The number of hydrogen-bond donors (Lipinski definition) is 1. The molecule has 7 nitrogen and oxygen atoms in total. The van der Waals surface area contributed by atoms with Crippen molar-refractivity contribution >= 4 is 56.5 Å². The first-order valence-electron chi connectivity index (χ1n) is 10.5. The third kappa shape index (κ3) is 5.75. The zero-order valence-electron chi connectivity index (χ0n) is 18.9. The van der Waals surface area contributed by atoms with Crippen molar-refractivity contribution in [3.05, 3.63) is 92.8 Å². The number of rotatable bonds is 7. The van der Waals surface area contributed by atoms with Gasteiger partial charge in [0.1, 0.15) is 6.61 Å². The lowest BCUT2D eigenvalue weighted by molar-refractivity contribution is -0.121. The molecule has 3 aromatic rings. The minimum absolute atomic E-state index is 0.175. The minimum Gasteiger partial charge on any atom is -0.493 e. The van der Waals surface area contributed by atoms with Crippen LogP contribution in [-0.4, -0.2) is 41.2 Å². The molecule has 0 aliphatic carbocycles. The Morgan fingerprint density at radius 1 is 1.14 bits per heavy atom. The van der Waals surface area contributed by atoms with Crippen LogP contribution in [0.2, 0.25) is 0 Å². The molecule has 1 aliphatic rings. The quantitative estimate of drug-likeness (QED) is 0.363. The van der Waals surface area contributed by atoms with E-state index >= 15 is 0 Å². The van der Waals surface area contributed by atoms with Gasteiger partial charge in [0.2, 0.25) is 0 Å². The second-order valence-electron chi connectivity index (χ2n) is 7.53. The number of benzene rings is 3. The van der Waals surface area contributed by atoms with E-state index in [4.69, 9.17) is 14.6 Å². The molecular formula is C26H21BrN2O5S. The van der Waals surface area contributed by atoms with E-state index in [9.17, 15) is 9.59 Å². The molecule has 35 heavy (non-hydrogen) atoms. The van der Waals surface area contributed by atoms with Gasteiger partial charge in [-0.2, -0.15) is 0 Å². The van der Waals surface area contributed by atoms with E-state index in [1.165, 1.54) is 28.8 Å². The molecule has 178 valence electrons. The van der Waals surface area contributed by atoms with Crippen molar-refractivity contribution in [1.29, 1.82) is 0 Å². The highest BCUT2D eigenvalue weighted by molar-refractivity contribution is 9.10. The Morgan fingerprint density at radius 2 is 1.86 bits per heavy atom. The first-order valence-corrected chi connectivity index (χ1v) is 12.1. The van der Waals surface area contributed by atoms with Crippen molar-refractivity contribution in [2.24, 2.45) is 4.99 Å². The molecule has 9 heteroatoms. The average molecular weight is 553 g/mol. The Hall–Kier alpha value is -3.56. The number of hydrogen-bond acceptors (Lipinski definition) is 6. The van der Waals surface area contributed by atoms with Gasteiger partial charge in [-0.15, -0.1) is 0 Å². The zero-order chi connectivity index (χ0) is 24.9. The molecule has 0 bridgehead atoms. The summed E-state index contributed by atoms with van der Waals surface area (Å²) in [5.41, 5.74) is 2.53. The second kappa shape index (κ2) is 10.8. The van der Waals surface area contributed by atoms with Crippen molar-refractivity contribution in [2.45, 2.75) is 6.61 Å². The topological polar surface area (TPSA) is 88.4 Å². The number of halogens is 1. The highest BCUT2D eigenvalue weighted by Gasteiger charge is 2.30. The van der Waals surface area contributed by atoms with Gasteiger partial charge in [0, 0.05) is 7.05 Å². The van der Waals surface area contributed by atoms with Gasteiger partial charge in [-0.25, -0.2) is 9.79 Å². The summed E-state index contributed by atoms with van der Waals surface area (Å²) >= 11 is 4.80. The highest BCUT2D eigenvalue weighted by atomic mass is 79.9. The van der Waals surface area contributed by atoms with Crippen molar-refractivity contribution < 1.29 is 24.2 Å². The van der Waals surface area contributed by atoms with Gasteiger partial charge in [-0.1, -0.05) is 30.3 Å². The lowest BCUT2D eigenvalue weighted by atomic mass is 10.1. The van der Waals surface area contributed by atoms with Crippen LogP contribution >= 0.6 is 27.7 Å². The summed E-state index contributed by atoms with van der Waals surface area (Å²) in [5.74, 6) is -0.0723. The van der Waals surface area contributed by atoms with Crippen LogP contribution in [0.15, 0.2) is 81.1 Å². The van der Waals surface area contributed by atoms with Crippen LogP contribution in [0.25, 0.3) is 6.08 Å². The molecule has 0 spiro atoms. The maximum atomic E-state index is 12.8. The van der Waals surface area contributed by atoms with Crippen molar-refractivity contribution in [2.75, 3.05) is 14.2 Å². The number of aliphatic imine (C=N–C) groups is 1. The summed E-state index contributed by atoms with van der Waals surface area (Å²) < 4.78 is 12.2. The van der Waals surface area contributed by atoms with Crippen LogP contribution in [0.3, 0.4) is 0 Å². The number of nitrogens with zero attached hydrogens (tertiary/aromatic N) is 2. The molecule has 1 heterocycles. The lowest BCUT2D eigenvalue weighted by Crippen LogP contribution is -2.23. The molecule has 0 aromatic heterocycles. The van der Waals surface area contributed by atoms with E-state index in [0.717, 1.165) is 11.1 Å². The summed E-state index contributed by atoms with van der Waals surface area (Å²) in [4.78, 5) is 30.3. The molecule has 3 aromatic carbocycles. The smallest absolute Gasteiger partial charge is 0.335 e. The van der Waals surface area contributed by atoms with Crippen molar-refractivity contribution in [3.8, 4) is 11.5 Å². The first-order chi connectivity index (χ1) is 16.9. The third-order valence-corrected chi connectivity index (χ3v) is 6.77. The molecule has 1 saturated heterocycles. The molecular weight excluding hydrogens is 532 g/mol. The molecule has 1 N–H and O–H groups in total. The predicted octanol–water partition coefficient (Wildman–Crippen LogP) is 5.97.